The van der Waals surface area contributed by atoms with Crippen LogP contribution < -0.4 is 0 Å². The number of ether oxygens (including phenoxy) is 1. The Hall–Kier alpha value is -1.00. The fourth-order valence-corrected chi connectivity index (χ4v) is 2.53. The Morgan fingerprint density at radius 1 is 1.41 bits per heavy atom. The summed E-state index contributed by atoms with van der Waals surface area (Å²) in [5.74, 6) is 0.572. The minimum absolute atomic E-state index is 0.0514. The van der Waals surface area contributed by atoms with E-state index < -0.39 is 10.8 Å². The van der Waals surface area contributed by atoms with Crippen LogP contribution in [0, 0.1) is 6.92 Å². The van der Waals surface area contributed by atoms with E-state index in [4.69, 9.17) is 4.74 Å². The maximum atomic E-state index is 11.8. The Kier molecular flexibility index (Phi) is 6.08. The molecule has 1 atom stereocenters. The molecule has 1 aromatic carbocycles. The van der Waals surface area contributed by atoms with Crippen molar-refractivity contribution in [3.63, 3.8) is 0 Å². The maximum Gasteiger partial charge on any atom is 0.175 e. The number of benzene rings is 1. The number of aryl methyl sites for hydroxylation is 1. The van der Waals surface area contributed by atoms with Crippen LogP contribution in [0.4, 0.5) is 0 Å². The number of hydrogen-bond acceptors (Lipinski definition) is 3. The summed E-state index contributed by atoms with van der Waals surface area (Å²) in [4.78, 5) is 11.8. The van der Waals surface area contributed by atoms with Gasteiger partial charge < -0.3 is 4.74 Å². The van der Waals surface area contributed by atoms with Crippen molar-refractivity contribution in [3.05, 3.63) is 35.4 Å². The molecule has 0 saturated carbocycles. The lowest BCUT2D eigenvalue weighted by Gasteiger charge is -2.03. The summed E-state index contributed by atoms with van der Waals surface area (Å²) < 4.78 is 16.5. The van der Waals surface area contributed by atoms with Crippen LogP contribution in [-0.4, -0.2) is 35.2 Å². The van der Waals surface area contributed by atoms with Crippen molar-refractivity contribution in [1.82, 2.24) is 0 Å². The van der Waals surface area contributed by atoms with E-state index in [2.05, 4.69) is 0 Å². The molecule has 0 amide bonds. The molecule has 3 nitrogen and oxygen atoms in total. The largest absolute Gasteiger partial charge is 0.385 e. The normalized spacial score (nSPS) is 12.4. The zero-order valence-corrected chi connectivity index (χ0v) is 11.1. The predicted octanol–water partition coefficient (Wildman–Crippen LogP) is 1.96. The second-order valence-corrected chi connectivity index (χ2v) is 5.50. The van der Waals surface area contributed by atoms with Gasteiger partial charge in [0, 0.05) is 35.8 Å². The summed E-state index contributed by atoms with van der Waals surface area (Å²) in [6, 6.07) is 7.37. The molecule has 0 radical (unpaired) electrons. The van der Waals surface area contributed by atoms with Gasteiger partial charge in [-0.25, -0.2) is 0 Å². The first-order valence-electron chi connectivity index (χ1n) is 5.57. The van der Waals surface area contributed by atoms with Gasteiger partial charge in [0.05, 0.1) is 5.75 Å². The average molecular weight is 254 g/mol. The first kappa shape index (κ1) is 14.1. The Morgan fingerprint density at radius 2 is 2.18 bits per heavy atom. The van der Waals surface area contributed by atoms with E-state index in [1.165, 1.54) is 0 Å². The zero-order valence-electron chi connectivity index (χ0n) is 10.3. The highest BCUT2D eigenvalue weighted by atomic mass is 32.2. The molecule has 0 bridgehead atoms. The number of rotatable bonds is 7. The molecule has 0 aliphatic heterocycles. The molecule has 0 aromatic heterocycles. The first-order valence-corrected chi connectivity index (χ1v) is 7.06. The summed E-state index contributed by atoms with van der Waals surface area (Å²) in [6.45, 7) is 2.52. The second kappa shape index (κ2) is 7.35. The van der Waals surface area contributed by atoms with Crippen molar-refractivity contribution in [2.24, 2.45) is 0 Å². The number of methoxy groups -OCH3 is 1. The molecule has 0 saturated heterocycles. The summed E-state index contributed by atoms with van der Waals surface area (Å²) in [5, 5.41) is 0. The predicted molar refractivity (Wildman–Crippen MR) is 69.9 cm³/mol. The third kappa shape index (κ3) is 5.24. The van der Waals surface area contributed by atoms with Gasteiger partial charge in [-0.15, -0.1) is 0 Å². The smallest absolute Gasteiger partial charge is 0.175 e. The number of hydrogen-bond donors (Lipinski definition) is 0. The fourth-order valence-electron chi connectivity index (χ4n) is 1.48. The molecule has 17 heavy (non-hydrogen) atoms. The van der Waals surface area contributed by atoms with Crippen molar-refractivity contribution in [2.45, 2.75) is 13.3 Å². The highest BCUT2D eigenvalue weighted by Crippen LogP contribution is 2.06. The molecular formula is C13H18O3S. The van der Waals surface area contributed by atoms with Gasteiger partial charge in [0.1, 0.15) is 0 Å². The van der Waals surface area contributed by atoms with Crippen molar-refractivity contribution in [2.75, 3.05) is 25.2 Å². The third-order valence-electron chi connectivity index (χ3n) is 2.35. The molecule has 0 fully saturated rings. The van der Waals surface area contributed by atoms with Gasteiger partial charge >= 0.3 is 0 Å². The standard InChI is InChI=1S/C13H18O3S/c1-11-5-3-6-12(9-11)13(14)10-17(15)8-4-7-16-2/h3,5-6,9H,4,7-8,10H2,1-2H3. The van der Waals surface area contributed by atoms with E-state index in [9.17, 15) is 9.00 Å². The Balaban J connectivity index is 2.46. The molecule has 1 rings (SSSR count). The molecule has 0 N–H and O–H groups in total. The molecule has 1 unspecified atom stereocenters. The van der Waals surface area contributed by atoms with Crippen LogP contribution >= 0.6 is 0 Å². The van der Waals surface area contributed by atoms with Crippen LogP contribution in [0.5, 0.6) is 0 Å². The van der Waals surface area contributed by atoms with E-state index >= 15 is 0 Å². The number of carbonyl (C=O) groups is 1. The van der Waals surface area contributed by atoms with Crippen molar-refractivity contribution in [1.29, 1.82) is 0 Å². The van der Waals surface area contributed by atoms with E-state index in [-0.39, 0.29) is 11.5 Å². The summed E-state index contributed by atoms with van der Waals surface area (Å²) in [7, 11) is 0.524. The molecule has 0 heterocycles. The lowest BCUT2D eigenvalue weighted by molar-refractivity contribution is 0.102. The van der Waals surface area contributed by atoms with Crippen LogP contribution in [0.25, 0.3) is 0 Å². The van der Waals surface area contributed by atoms with Gasteiger partial charge in [-0.1, -0.05) is 23.8 Å². The number of Topliss-reactive ketones (excluding diaryl/α,β-unsaturated/α-hetero) is 1. The Labute approximate surface area is 105 Å². The van der Waals surface area contributed by atoms with Crippen LogP contribution in [0.1, 0.15) is 22.3 Å². The van der Waals surface area contributed by atoms with Gasteiger partial charge in [-0.3, -0.25) is 9.00 Å². The van der Waals surface area contributed by atoms with E-state index in [1.807, 2.05) is 25.1 Å². The van der Waals surface area contributed by atoms with Crippen LogP contribution in [0.15, 0.2) is 24.3 Å². The number of carbonyl (C=O) groups excluding carboxylic acids is 1. The van der Waals surface area contributed by atoms with Gasteiger partial charge in [0.25, 0.3) is 0 Å². The lowest BCUT2D eigenvalue weighted by Crippen LogP contribution is -2.14. The van der Waals surface area contributed by atoms with Crippen molar-refractivity contribution >= 4 is 16.6 Å². The fraction of sp³-hybridized carbons (Fsp3) is 0.462. The molecule has 0 aliphatic rings. The SMILES string of the molecule is COCCCS(=O)CC(=O)c1cccc(C)c1. The second-order valence-electron chi connectivity index (χ2n) is 3.93. The molecule has 0 aliphatic carbocycles. The van der Waals surface area contributed by atoms with Gasteiger partial charge in [0.15, 0.2) is 5.78 Å². The minimum atomic E-state index is -1.09. The van der Waals surface area contributed by atoms with Gasteiger partial charge in [-0.05, 0) is 19.4 Å². The molecule has 0 spiro atoms. The zero-order chi connectivity index (χ0) is 12.7. The van der Waals surface area contributed by atoms with E-state index in [1.54, 1.807) is 13.2 Å². The highest BCUT2D eigenvalue weighted by molar-refractivity contribution is 7.85. The van der Waals surface area contributed by atoms with E-state index in [0.29, 0.717) is 17.9 Å². The monoisotopic (exact) mass is 254 g/mol. The van der Waals surface area contributed by atoms with Crippen LogP contribution in [-0.2, 0) is 15.5 Å². The molecule has 94 valence electrons. The summed E-state index contributed by atoms with van der Waals surface area (Å²) in [5.41, 5.74) is 1.69. The lowest BCUT2D eigenvalue weighted by atomic mass is 10.1. The summed E-state index contributed by atoms with van der Waals surface area (Å²) in [6.07, 6.45) is 0.726. The van der Waals surface area contributed by atoms with Gasteiger partial charge in [0.2, 0.25) is 0 Å². The molecular weight excluding hydrogens is 236 g/mol. The minimum Gasteiger partial charge on any atom is -0.385 e. The van der Waals surface area contributed by atoms with E-state index in [0.717, 1.165) is 12.0 Å². The quantitative estimate of drug-likeness (QED) is 0.552. The number of ketones is 1. The Morgan fingerprint density at radius 3 is 2.82 bits per heavy atom. The van der Waals surface area contributed by atoms with Crippen LogP contribution in [0.2, 0.25) is 0 Å². The maximum absolute atomic E-state index is 11.8. The average Bonchev–Trinajstić information content (AvgIpc) is 2.29. The summed E-state index contributed by atoms with van der Waals surface area (Å²) >= 11 is 0. The molecule has 1 aromatic rings. The Bertz CT molecular complexity index is 401. The first-order chi connectivity index (χ1) is 8.13. The van der Waals surface area contributed by atoms with Crippen LogP contribution in [0.3, 0.4) is 0 Å². The van der Waals surface area contributed by atoms with Gasteiger partial charge in [-0.2, -0.15) is 0 Å². The van der Waals surface area contributed by atoms with Crippen molar-refractivity contribution < 1.29 is 13.7 Å². The topological polar surface area (TPSA) is 43.4 Å². The third-order valence-corrected chi connectivity index (χ3v) is 3.68. The molecule has 4 heteroatoms. The van der Waals surface area contributed by atoms with Crippen molar-refractivity contribution in [3.8, 4) is 0 Å². The highest BCUT2D eigenvalue weighted by Gasteiger charge is 2.10.